The Kier molecular flexibility index (Phi) is 8.29. The molecule has 0 spiro atoms. The fraction of sp³-hybridized carbons (Fsp3) is 0.450. The fourth-order valence-corrected chi connectivity index (χ4v) is 10.6. The molecule has 0 aliphatic carbocycles. The van der Waals surface area contributed by atoms with Gasteiger partial charge in [-0.1, -0.05) is 50.2 Å². The minimum Gasteiger partial charge on any atom is -0.463 e. The lowest BCUT2D eigenvalue weighted by Crippen LogP contribution is -2.77. The number of amides is 5. The van der Waals surface area contributed by atoms with Gasteiger partial charge in [-0.25, -0.2) is 0 Å². The van der Waals surface area contributed by atoms with E-state index in [-0.39, 0.29) is 5.70 Å². The van der Waals surface area contributed by atoms with Crippen molar-refractivity contribution in [1.82, 2.24) is 24.9 Å². The number of carbonyl (C=O) groups is 8. The Morgan fingerprint density at radius 3 is 2.00 bits per heavy atom. The van der Waals surface area contributed by atoms with Crippen molar-refractivity contribution in [2.24, 2.45) is 5.92 Å². The minimum atomic E-state index is -2.69. The summed E-state index contributed by atoms with van der Waals surface area (Å²) in [5.74, 6) is -6.91. The van der Waals surface area contributed by atoms with Crippen LogP contribution in [0, 0.1) is 5.92 Å². The molecule has 6 aliphatic rings. The second-order valence-electron chi connectivity index (χ2n) is 15.8. The number of ether oxygens (including phenoxy) is 3. The number of hydrogen-bond donors (Lipinski definition) is 3. The average Bonchev–Trinajstić information content (AvgIpc) is 3.84. The van der Waals surface area contributed by atoms with Gasteiger partial charge in [0.2, 0.25) is 5.91 Å². The van der Waals surface area contributed by atoms with Crippen LogP contribution in [-0.2, 0) is 63.4 Å². The predicted octanol–water partition coefficient (Wildman–Crippen LogP) is 0.489. The molecule has 18 nitrogen and oxygen atoms in total. The third kappa shape index (κ3) is 4.42. The third-order valence-electron chi connectivity index (χ3n) is 12.6. The number of likely N-dealkylation sites (N-methyl/N-ethyl adjacent to an activating group) is 2. The molecule has 6 heterocycles. The maximum absolute atomic E-state index is 15.4. The first kappa shape index (κ1) is 38.4. The Bertz CT molecular complexity index is 2300. The molecule has 8 atom stereocenters. The maximum Gasteiger partial charge on any atom is 0.307 e. The summed E-state index contributed by atoms with van der Waals surface area (Å²) >= 11 is 0. The van der Waals surface area contributed by atoms with Gasteiger partial charge in [0.25, 0.3) is 23.6 Å². The number of esters is 3. The topological polar surface area (TPSA) is 213 Å². The quantitative estimate of drug-likeness (QED) is 0.258. The summed E-state index contributed by atoms with van der Waals surface area (Å²) in [4.78, 5) is 117. The number of fused-ring (bicyclic) bond motifs is 11. The largest absolute Gasteiger partial charge is 0.463 e. The Labute approximate surface area is 332 Å². The first-order valence-corrected chi connectivity index (χ1v) is 18.8. The zero-order valence-corrected chi connectivity index (χ0v) is 33.1. The summed E-state index contributed by atoms with van der Waals surface area (Å²) in [6.45, 7) is 7.41. The molecule has 3 fully saturated rings. The van der Waals surface area contributed by atoms with E-state index >= 15 is 14.4 Å². The number of benzene rings is 2. The molecule has 58 heavy (non-hydrogen) atoms. The first-order valence-electron chi connectivity index (χ1n) is 18.8. The number of nitrogens with zero attached hydrogens (tertiary/aromatic N) is 4. The summed E-state index contributed by atoms with van der Waals surface area (Å²) in [6, 6.07) is 12.5. The highest BCUT2D eigenvalue weighted by molar-refractivity contribution is 6.10. The Hall–Kier alpha value is -6.46. The first-order chi connectivity index (χ1) is 27.3. The van der Waals surface area contributed by atoms with E-state index in [0.29, 0.717) is 22.5 Å². The molecule has 2 aromatic carbocycles. The average molecular weight is 798 g/mol. The maximum atomic E-state index is 15.4. The molecule has 0 unspecified atom stereocenters. The molecule has 0 radical (unpaired) electrons. The molecule has 3 saturated heterocycles. The van der Waals surface area contributed by atoms with Crippen LogP contribution in [0.4, 0.5) is 11.4 Å². The number of rotatable bonds is 7. The number of hydrogen-bond acceptors (Lipinski definition) is 13. The fourth-order valence-electron chi connectivity index (χ4n) is 10.6. The van der Waals surface area contributed by atoms with Crippen LogP contribution in [0.2, 0.25) is 0 Å². The van der Waals surface area contributed by atoms with Crippen molar-refractivity contribution < 1.29 is 52.6 Å². The van der Waals surface area contributed by atoms with Gasteiger partial charge in [0.1, 0.15) is 30.7 Å². The van der Waals surface area contributed by atoms with Gasteiger partial charge in [0.15, 0.2) is 11.8 Å². The molecule has 304 valence electrons. The molecule has 3 N–H and O–H groups in total. The summed E-state index contributed by atoms with van der Waals surface area (Å²) in [5, 5.41) is 9.64. The van der Waals surface area contributed by atoms with Crippen molar-refractivity contribution in [3.05, 3.63) is 71.4 Å². The van der Waals surface area contributed by atoms with Gasteiger partial charge in [-0.15, -0.1) is 0 Å². The number of piperazine rings is 2. The standard InChI is InChI=1S/C40H43N7O11/c1-19(2)39(43-20(3)48)35(54)46-28(30(52)45(39)8)17-37(24-13-9-11-15-26(24)41-33(37)46)38-25-14-10-12-16-27(25)42-34(38)47-31(53)29(18-56-21(4)49)44(7)36(55)40(47,58-23(6)51)32(38)57-22(5)50/h9-17,19,29,32-34,41-42H,18H2,1-8H3,(H,43,48)/t29-,32-,33+,34-,37-,38-,39+,40-/m0/s1. The van der Waals surface area contributed by atoms with Gasteiger partial charge in [-0.3, -0.25) is 48.2 Å². The van der Waals surface area contributed by atoms with Gasteiger partial charge in [-0.05, 0) is 29.3 Å². The van der Waals surface area contributed by atoms with Gasteiger partial charge in [0, 0.05) is 59.1 Å². The number of nitrogens with one attached hydrogen (secondary N) is 3. The van der Waals surface area contributed by atoms with E-state index in [4.69, 9.17) is 14.2 Å². The van der Waals surface area contributed by atoms with E-state index in [0.717, 1.165) is 30.6 Å². The third-order valence-corrected chi connectivity index (χ3v) is 12.6. The Balaban J connectivity index is 1.50. The molecule has 0 aromatic heterocycles. The lowest BCUT2D eigenvalue weighted by atomic mass is 9.54. The van der Waals surface area contributed by atoms with Crippen molar-refractivity contribution in [3.8, 4) is 0 Å². The lowest BCUT2D eigenvalue weighted by molar-refractivity contribution is -0.228. The van der Waals surface area contributed by atoms with E-state index in [2.05, 4.69) is 16.0 Å². The summed E-state index contributed by atoms with van der Waals surface area (Å²) in [7, 11) is 2.71. The summed E-state index contributed by atoms with van der Waals surface area (Å²) in [6.07, 6.45) is -2.94. The number of para-hydroxylation sites is 2. The van der Waals surface area contributed by atoms with E-state index in [1.165, 1.54) is 30.8 Å². The highest BCUT2D eigenvalue weighted by Crippen LogP contribution is 2.70. The van der Waals surface area contributed by atoms with E-state index in [1.807, 2.05) is 0 Å². The molecular formula is C40H43N7O11. The van der Waals surface area contributed by atoms with Gasteiger partial charge < -0.3 is 40.0 Å². The Morgan fingerprint density at radius 2 is 1.41 bits per heavy atom. The van der Waals surface area contributed by atoms with Gasteiger partial charge >= 0.3 is 23.6 Å². The normalized spacial score (nSPS) is 32.6. The van der Waals surface area contributed by atoms with Crippen molar-refractivity contribution >= 4 is 58.8 Å². The molecule has 5 amide bonds. The molecule has 8 rings (SSSR count). The predicted molar refractivity (Wildman–Crippen MR) is 200 cm³/mol. The van der Waals surface area contributed by atoms with Gasteiger partial charge in [0.05, 0.1) is 10.8 Å². The number of carbonyl (C=O) groups excluding carboxylic acids is 8. The zero-order valence-electron chi connectivity index (χ0n) is 33.1. The van der Waals surface area contributed by atoms with Crippen LogP contribution >= 0.6 is 0 Å². The van der Waals surface area contributed by atoms with Crippen molar-refractivity contribution in [2.75, 3.05) is 31.3 Å². The summed E-state index contributed by atoms with van der Waals surface area (Å²) < 4.78 is 17.7. The van der Waals surface area contributed by atoms with E-state index in [1.54, 1.807) is 68.5 Å². The molecule has 0 saturated carbocycles. The van der Waals surface area contributed by atoms with Crippen LogP contribution in [0.15, 0.2) is 60.3 Å². The van der Waals surface area contributed by atoms with Crippen LogP contribution in [-0.4, -0.2) is 124 Å². The van der Waals surface area contributed by atoms with E-state index in [9.17, 15) is 24.0 Å². The molecule has 18 heteroatoms. The highest BCUT2D eigenvalue weighted by atomic mass is 16.6. The number of anilines is 2. The summed E-state index contributed by atoms with van der Waals surface area (Å²) in [5.41, 5.74) is -6.47. The van der Waals surface area contributed by atoms with Crippen LogP contribution in [0.25, 0.3) is 0 Å². The zero-order chi connectivity index (χ0) is 42.0. The highest BCUT2D eigenvalue weighted by Gasteiger charge is 2.88. The van der Waals surface area contributed by atoms with Crippen LogP contribution in [0.3, 0.4) is 0 Å². The minimum absolute atomic E-state index is 0.0888. The van der Waals surface area contributed by atoms with E-state index < -0.39 is 107 Å². The van der Waals surface area contributed by atoms with Crippen LogP contribution in [0.5, 0.6) is 0 Å². The lowest BCUT2D eigenvalue weighted by Gasteiger charge is -2.53. The monoisotopic (exact) mass is 797 g/mol. The molecule has 0 bridgehead atoms. The molecular weight excluding hydrogens is 754 g/mol. The second kappa shape index (κ2) is 12.5. The van der Waals surface area contributed by atoms with Crippen molar-refractivity contribution in [3.63, 3.8) is 0 Å². The van der Waals surface area contributed by atoms with Crippen molar-refractivity contribution in [1.29, 1.82) is 0 Å². The molecule has 2 aromatic rings. The SMILES string of the molecule is CC(=O)N[C@@]1(C(C)C)C(=O)N2C(=C[C@]3([C@]45c6ccccc6N[C@H]4N4C(=O)[C@H](COC(C)=O)N(C)C(=O)[C@@]4(OC(C)=O)[C@H]5OC(C)=O)c4ccccc4N[C@H]23)C(=O)N1C. The second-order valence-corrected chi connectivity index (χ2v) is 15.8. The molecule has 6 aliphatic heterocycles. The van der Waals surface area contributed by atoms with Gasteiger partial charge in [-0.2, -0.15) is 0 Å². The van der Waals surface area contributed by atoms with Crippen LogP contribution in [0.1, 0.15) is 52.7 Å². The smallest absolute Gasteiger partial charge is 0.307 e. The Morgan fingerprint density at radius 1 is 0.810 bits per heavy atom. The van der Waals surface area contributed by atoms with Crippen molar-refractivity contribution in [2.45, 2.75) is 88.2 Å². The van der Waals surface area contributed by atoms with Crippen LogP contribution < -0.4 is 16.0 Å².